The fourth-order valence-corrected chi connectivity index (χ4v) is 2.38. The number of hydrogen-bond donors (Lipinski definition) is 2. The molecule has 0 radical (unpaired) electrons. The van der Waals surface area contributed by atoms with Gasteiger partial charge in [0.1, 0.15) is 12.4 Å². The van der Waals surface area contributed by atoms with E-state index in [4.69, 9.17) is 10.5 Å². The summed E-state index contributed by atoms with van der Waals surface area (Å²) in [5, 5.41) is 10.3. The highest BCUT2D eigenvalue weighted by Crippen LogP contribution is 2.34. The Morgan fingerprint density at radius 2 is 2.21 bits per heavy atom. The molecule has 1 aliphatic rings. The van der Waals surface area contributed by atoms with Crippen LogP contribution >= 0.6 is 0 Å². The second-order valence-electron chi connectivity index (χ2n) is 6.12. The number of fused-ring (bicyclic) bond motifs is 1. The van der Waals surface area contributed by atoms with E-state index >= 15 is 0 Å². The van der Waals surface area contributed by atoms with E-state index in [1.165, 1.54) is 11.1 Å². The highest BCUT2D eigenvalue weighted by atomic mass is 16.5. The van der Waals surface area contributed by atoms with Gasteiger partial charge in [-0.2, -0.15) is 0 Å². The Balaban J connectivity index is 2.16. The smallest absolute Gasteiger partial charge is 0.122 e. The lowest BCUT2D eigenvalue weighted by Gasteiger charge is -2.29. The van der Waals surface area contributed by atoms with E-state index in [-0.39, 0.29) is 12.0 Å². The van der Waals surface area contributed by atoms with Gasteiger partial charge in [-0.1, -0.05) is 26.0 Å². The van der Waals surface area contributed by atoms with E-state index in [2.05, 4.69) is 6.07 Å². The van der Waals surface area contributed by atoms with Gasteiger partial charge in [-0.05, 0) is 49.3 Å². The van der Waals surface area contributed by atoms with Crippen molar-refractivity contribution in [2.45, 2.75) is 51.7 Å². The van der Waals surface area contributed by atoms with Crippen molar-refractivity contribution >= 4 is 0 Å². The van der Waals surface area contributed by atoms with Crippen molar-refractivity contribution in [2.75, 3.05) is 6.61 Å². The Bertz CT molecular complexity index is 440. The van der Waals surface area contributed by atoms with Crippen LogP contribution in [0.5, 0.6) is 5.75 Å². The zero-order valence-corrected chi connectivity index (χ0v) is 12.1. The third-order valence-corrected chi connectivity index (χ3v) is 4.27. The molecule has 1 aliphatic carbocycles. The van der Waals surface area contributed by atoms with Crippen molar-refractivity contribution in [2.24, 2.45) is 11.7 Å². The van der Waals surface area contributed by atoms with Crippen LogP contribution in [0.15, 0.2) is 18.2 Å². The van der Waals surface area contributed by atoms with Crippen LogP contribution in [0.2, 0.25) is 0 Å². The summed E-state index contributed by atoms with van der Waals surface area (Å²) in [5.41, 5.74) is 7.76. The molecule has 19 heavy (non-hydrogen) atoms. The Kier molecular flexibility index (Phi) is 4.16. The molecule has 0 aliphatic heterocycles. The second-order valence-corrected chi connectivity index (χ2v) is 6.12. The minimum absolute atomic E-state index is 0.123. The van der Waals surface area contributed by atoms with Crippen molar-refractivity contribution < 1.29 is 9.84 Å². The van der Waals surface area contributed by atoms with Gasteiger partial charge in [-0.25, -0.2) is 0 Å². The lowest BCUT2D eigenvalue weighted by atomic mass is 9.87. The maximum Gasteiger partial charge on any atom is 0.122 e. The standard InChI is InChI=1S/C16H25NO2/c1-11(2)16(3,18)10-19-15-9-5-6-12-13(15)7-4-8-14(12)17/h5-6,9,11,14,18H,4,7-8,10,17H2,1-3H3. The molecule has 0 fully saturated rings. The SMILES string of the molecule is CC(C)C(C)(O)COc1cccc2c1CCCC2N. The molecule has 1 aromatic carbocycles. The summed E-state index contributed by atoms with van der Waals surface area (Å²) in [6.07, 6.45) is 3.16. The monoisotopic (exact) mass is 263 g/mol. The van der Waals surface area contributed by atoms with Gasteiger partial charge in [0.25, 0.3) is 0 Å². The van der Waals surface area contributed by atoms with Gasteiger partial charge < -0.3 is 15.6 Å². The minimum atomic E-state index is -0.806. The molecule has 0 spiro atoms. The van der Waals surface area contributed by atoms with Crippen LogP contribution in [0.4, 0.5) is 0 Å². The molecular weight excluding hydrogens is 238 g/mol. The van der Waals surface area contributed by atoms with Crippen LogP contribution in [0.1, 0.15) is 50.8 Å². The molecule has 0 aromatic heterocycles. The summed E-state index contributed by atoms with van der Waals surface area (Å²) in [6, 6.07) is 6.18. The Hall–Kier alpha value is -1.06. The van der Waals surface area contributed by atoms with Crippen molar-refractivity contribution in [1.29, 1.82) is 0 Å². The molecule has 0 saturated carbocycles. The Labute approximate surface area is 115 Å². The Morgan fingerprint density at radius 1 is 1.47 bits per heavy atom. The van der Waals surface area contributed by atoms with Crippen LogP contribution in [-0.2, 0) is 6.42 Å². The van der Waals surface area contributed by atoms with Gasteiger partial charge >= 0.3 is 0 Å². The minimum Gasteiger partial charge on any atom is -0.490 e. The number of benzene rings is 1. The first kappa shape index (κ1) is 14.4. The molecule has 3 heteroatoms. The maximum atomic E-state index is 10.3. The summed E-state index contributed by atoms with van der Waals surface area (Å²) < 4.78 is 5.87. The van der Waals surface area contributed by atoms with Crippen molar-refractivity contribution in [3.8, 4) is 5.75 Å². The summed E-state index contributed by atoms with van der Waals surface area (Å²) >= 11 is 0. The fourth-order valence-electron chi connectivity index (χ4n) is 2.38. The van der Waals surface area contributed by atoms with Gasteiger partial charge in [-0.15, -0.1) is 0 Å². The van der Waals surface area contributed by atoms with Crippen molar-refractivity contribution in [3.63, 3.8) is 0 Å². The second kappa shape index (κ2) is 5.51. The van der Waals surface area contributed by atoms with Gasteiger partial charge in [-0.3, -0.25) is 0 Å². The molecule has 2 atom stereocenters. The largest absolute Gasteiger partial charge is 0.490 e. The fraction of sp³-hybridized carbons (Fsp3) is 0.625. The van der Waals surface area contributed by atoms with E-state index < -0.39 is 5.60 Å². The van der Waals surface area contributed by atoms with E-state index in [1.807, 2.05) is 32.9 Å². The summed E-state index contributed by atoms with van der Waals surface area (Å²) in [6.45, 7) is 6.13. The zero-order chi connectivity index (χ0) is 14.0. The van der Waals surface area contributed by atoms with E-state index in [1.54, 1.807) is 0 Å². The maximum absolute atomic E-state index is 10.3. The summed E-state index contributed by atoms with van der Waals surface area (Å²) in [7, 11) is 0. The van der Waals surface area contributed by atoms with Gasteiger partial charge in [0.05, 0.1) is 5.60 Å². The van der Waals surface area contributed by atoms with Crippen LogP contribution in [0, 0.1) is 5.92 Å². The van der Waals surface area contributed by atoms with Gasteiger partial charge in [0, 0.05) is 6.04 Å². The predicted molar refractivity (Wildman–Crippen MR) is 77.3 cm³/mol. The average molecular weight is 263 g/mol. The molecule has 106 valence electrons. The summed E-state index contributed by atoms with van der Waals surface area (Å²) in [5.74, 6) is 1.04. The molecule has 0 amide bonds. The molecule has 2 unspecified atom stereocenters. The number of rotatable bonds is 4. The lowest BCUT2D eigenvalue weighted by Crippen LogP contribution is -2.38. The number of ether oxygens (including phenoxy) is 1. The van der Waals surface area contributed by atoms with E-state index in [0.29, 0.717) is 6.61 Å². The molecule has 0 saturated heterocycles. The molecule has 2 rings (SSSR count). The summed E-state index contributed by atoms with van der Waals surface area (Å²) in [4.78, 5) is 0. The lowest BCUT2D eigenvalue weighted by molar-refractivity contribution is -0.0269. The molecule has 0 heterocycles. The molecule has 1 aromatic rings. The van der Waals surface area contributed by atoms with Crippen LogP contribution in [0.25, 0.3) is 0 Å². The van der Waals surface area contributed by atoms with E-state index in [0.717, 1.165) is 25.0 Å². The number of hydrogen-bond acceptors (Lipinski definition) is 3. The van der Waals surface area contributed by atoms with Crippen molar-refractivity contribution in [3.05, 3.63) is 29.3 Å². The highest BCUT2D eigenvalue weighted by Gasteiger charge is 2.27. The first-order valence-corrected chi connectivity index (χ1v) is 7.14. The van der Waals surface area contributed by atoms with Crippen LogP contribution in [-0.4, -0.2) is 17.3 Å². The topological polar surface area (TPSA) is 55.5 Å². The molecule has 3 nitrogen and oxygen atoms in total. The van der Waals surface area contributed by atoms with E-state index in [9.17, 15) is 5.11 Å². The normalized spacial score (nSPS) is 21.9. The van der Waals surface area contributed by atoms with Crippen molar-refractivity contribution in [1.82, 2.24) is 0 Å². The van der Waals surface area contributed by atoms with Crippen LogP contribution < -0.4 is 10.5 Å². The predicted octanol–water partition coefficient (Wildman–Crippen LogP) is 2.81. The molecule has 3 N–H and O–H groups in total. The average Bonchev–Trinajstić information content (AvgIpc) is 2.37. The third kappa shape index (κ3) is 3.10. The van der Waals surface area contributed by atoms with Crippen LogP contribution in [0.3, 0.4) is 0 Å². The van der Waals surface area contributed by atoms with Gasteiger partial charge in [0.15, 0.2) is 0 Å². The first-order valence-electron chi connectivity index (χ1n) is 7.14. The molecular formula is C16H25NO2. The number of nitrogens with two attached hydrogens (primary N) is 1. The Morgan fingerprint density at radius 3 is 2.89 bits per heavy atom. The number of aliphatic hydroxyl groups is 1. The van der Waals surface area contributed by atoms with Gasteiger partial charge in [0.2, 0.25) is 0 Å². The first-order chi connectivity index (χ1) is 8.92. The third-order valence-electron chi connectivity index (χ3n) is 4.27. The quantitative estimate of drug-likeness (QED) is 0.878. The molecule has 0 bridgehead atoms. The highest BCUT2D eigenvalue weighted by molar-refractivity contribution is 5.43. The zero-order valence-electron chi connectivity index (χ0n) is 12.1.